The summed E-state index contributed by atoms with van der Waals surface area (Å²) in [6.45, 7) is 5.04. The molecule has 2 rings (SSSR count). The van der Waals surface area contributed by atoms with Crippen molar-refractivity contribution in [1.82, 2.24) is 0 Å². The van der Waals surface area contributed by atoms with Gasteiger partial charge in [-0.25, -0.2) is 0 Å². The molecule has 0 saturated heterocycles. The molecule has 2 N–H and O–H groups in total. The van der Waals surface area contributed by atoms with Crippen molar-refractivity contribution in [3.63, 3.8) is 0 Å². The van der Waals surface area contributed by atoms with Crippen LogP contribution in [0.5, 0.6) is 5.75 Å². The minimum atomic E-state index is 0.326. The lowest BCUT2D eigenvalue weighted by atomic mass is 9.80. The SMILES string of the molecule is CC1CCC(Oc2ccccc2C#CCN)CC1C. The maximum Gasteiger partial charge on any atom is 0.135 e. The van der Waals surface area contributed by atoms with Crippen molar-refractivity contribution in [2.75, 3.05) is 6.54 Å². The van der Waals surface area contributed by atoms with Gasteiger partial charge in [0, 0.05) is 0 Å². The quantitative estimate of drug-likeness (QED) is 0.826. The van der Waals surface area contributed by atoms with Gasteiger partial charge in [0.1, 0.15) is 5.75 Å². The summed E-state index contributed by atoms with van der Waals surface area (Å²) in [4.78, 5) is 0. The Bertz CT molecular complexity index is 472. The first-order valence-electron chi connectivity index (χ1n) is 7.15. The molecule has 1 fully saturated rings. The Kier molecular flexibility index (Phi) is 4.87. The van der Waals surface area contributed by atoms with Gasteiger partial charge >= 0.3 is 0 Å². The van der Waals surface area contributed by atoms with Crippen molar-refractivity contribution >= 4 is 0 Å². The predicted octanol–water partition coefficient (Wildman–Crippen LogP) is 3.20. The molecule has 1 aliphatic rings. The van der Waals surface area contributed by atoms with Crippen molar-refractivity contribution in [3.8, 4) is 17.6 Å². The van der Waals surface area contributed by atoms with Gasteiger partial charge in [-0.3, -0.25) is 0 Å². The van der Waals surface area contributed by atoms with Crippen LogP contribution in [0.4, 0.5) is 0 Å². The van der Waals surface area contributed by atoms with Crippen LogP contribution in [0.15, 0.2) is 24.3 Å². The van der Waals surface area contributed by atoms with E-state index < -0.39 is 0 Å². The van der Waals surface area contributed by atoms with Crippen molar-refractivity contribution < 1.29 is 4.74 Å². The fraction of sp³-hybridized carbons (Fsp3) is 0.529. The Morgan fingerprint density at radius 1 is 1.21 bits per heavy atom. The Hall–Kier alpha value is -1.46. The van der Waals surface area contributed by atoms with Crippen LogP contribution in [0.25, 0.3) is 0 Å². The summed E-state index contributed by atoms with van der Waals surface area (Å²) in [6.07, 6.45) is 3.86. The van der Waals surface area contributed by atoms with Crippen molar-refractivity contribution in [1.29, 1.82) is 0 Å². The summed E-state index contributed by atoms with van der Waals surface area (Å²) >= 11 is 0. The third-order valence-electron chi connectivity index (χ3n) is 4.06. The van der Waals surface area contributed by atoms with Gasteiger partial charge in [0.05, 0.1) is 18.2 Å². The van der Waals surface area contributed by atoms with E-state index in [9.17, 15) is 0 Å². The average molecular weight is 257 g/mol. The van der Waals surface area contributed by atoms with Crippen LogP contribution in [0.2, 0.25) is 0 Å². The van der Waals surface area contributed by atoms with E-state index in [-0.39, 0.29) is 0 Å². The number of nitrogens with two attached hydrogens (primary N) is 1. The van der Waals surface area contributed by atoms with Crippen molar-refractivity contribution in [2.24, 2.45) is 17.6 Å². The van der Waals surface area contributed by atoms with Gasteiger partial charge in [0.15, 0.2) is 0 Å². The minimum Gasteiger partial charge on any atom is -0.489 e. The molecule has 0 aliphatic heterocycles. The molecule has 1 aliphatic carbocycles. The van der Waals surface area contributed by atoms with Crippen LogP contribution in [-0.2, 0) is 0 Å². The van der Waals surface area contributed by atoms with E-state index in [2.05, 4.69) is 25.7 Å². The summed E-state index contributed by atoms with van der Waals surface area (Å²) in [5.74, 6) is 8.43. The summed E-state index contributed by atoms with van der Waals surface area (Å²) in [5.41, 5.74) is 6.37. The lowest BCUT2D eigenvalue weighted by molar-refractivity contribution is 0.100. The smallest absolute Gasteiger partial charge is 0.135 e. The number of benzene rings is 1. The van der Waals surface area contributed by atoms with E-state index >= 15 is 0 Å². The highest BCUT2D eigenvalue weighted by Gasteiger charge is 2.26. The largest absolute Gasteiger partial charge is 0.489 e. The molecule has 0 spiro atoms. The van der Waals surface area contributed by atoms with Crippen LogP contribution >= 0.6 is 0 Å². The number of para-hydroxylation sites is 1. The highest BCUT2D eigenvalue weighted by molar-refractivity contribution is 5.46. The van der Waals surface area contributed by atoms with Gasteiger partial charge in [0.25, 0.3) is 0 Å². The molecular weight excluding hydrogens is 234 g/mol. The summed E-state index contributed by atoms with van der Waals surface area (Å²) in [5, 5.41) is 0. The number of hydrogen-bond donors (Lipinski definition) is 1. The zero-order valence-electron chi connectivity index (χ0n) is 11.9. The first-order valence-corrected chi connectivity index (χ1v) is 7.15. The third kappa shape index (κ3) is 3.75. The van der Waals surface area contributed by atoms with Gasteiger partial charge < -0.3 is 10.5 Å². The maximum atomic E-state index is 6.16. The lowest BCUT2D eigenvalue weighted by Crippen LogP contribution is -2.28. The molecule has 0 bridgehead atoms. The first kappa shape index (κ1) is 14.0. The third-order valence-corrected chi connectivity index (χ3v) is 4.06. The number of ether oxygens (including phenoxy) is 1. The summed E-state index contributed by atoms with van der Waals surface area (Å²) in [7, 11) is 0. The summed E-state index contributed by atoms with van der Waals surface area (Å²) < 4.78 is 6.16. The van der Waals surface area contributed by atoms with E-state index in [0.717, 1.165) is 36.0 Å². The molecule has 1 saturated carbocycles. The number of hydrogen-bond acceptors (Lipinski definition) is 2. The predicted molar refractivity (Wildman–Crippen MR) is 79.0 cm³/mol. The molecule has 0 radical (unpaired) electrons. The van der Waals surface area contributed by atoms with E-state index in [4.69, 9.17) is 10.5 Å². The molecule has 19 heavy (non-hydrogen) atoms. The molecule has 2 heteroatoms. The van der Waals surface area contributed by atoms with Crippen molar-refractivity contribution in [3.05, 3.63) is 29.8 Å². The summed E-state index contributed by atoms with van der Waals surface area (Å²) in [6, 6.07) is 7.98. The fourth-order valence-corrected chi connectivity index (χ4v) is 2.60. The average Bonchev–Trinajstić information content (AvgIpc) is 2.42. The minimum absolute atomic E-state index is 0.326. The highest BCUT2D eigenvalue weighted by atomic mass is 16.5. The Morgan fingerprint density at radius 2 is 2.00 bits per heavy atom. The lowest BCUT2D eigenvalue weighted by Gasteiger charge is -2.32. The molecule has 3 atom stereocenters. The van der Waals surface area contributed by atoms with E-state index in [1.165, 1.54) is 6.42 Å². The molecule has 1 aromatic carbocycles. The van der Waals surface area contributed by atoms with Crippen LogP contribution in [0.1, 0.15) is 38.7 Å². The molecule has 3 unspecified atom stereocenters. The molecule has 0 heterocycles. The van der Waals surface area contributed by atoms with E-state index in [1.807, 2.05) is 24.3 Å². The Balaban J connectivity index is 2.07. The van der Waals surface area contributed by atoms with Crippen molar-refractivity contribution in [2.45, 2.75) is 39.2 Å². The zero-order chi connectivity index (χ0) is 13.7. The van der Waals surface area contributed by atoms with Gasteiger partial charge in [-0.05, 0) is 43.2 Å². The molecular formula is C17H23NO. The molecule has 2 nitrogen and oxygen atoms in total. The van der Waals surface area contributed by atoms with E-state index in [1.54, 1.807) is 0 Å². The topological polar surface area (TPSA) is 35.2 Å². The number of rotatable bonds is 2. The van der Waals surface area contributed by atoms with Gasteiger partial charge in [-0.1, -0.05) is 37.8 Å². The Labute approximate surface area is 116 Å². The van der Waals surface area contributed by atoms with Gasteiger partial charge in [0.2, 0.25) is 0 Å². The molecule has 1 aromatic rings. The van der Waals surface area contributed by atoms with Crippen LogP contribution < -0.4 is 10.5 Å². The maximum absolute atomic E-state index is 6.16. The van der Waals surface area contributed by atoms with Gasteiger partial charge in [-0.15, -0.1) is 0 Å². The second-order valence-corrected chi connectivity index (χ2v) is 5.51. The standard InChI is InChI=1S/C17H23NO/c1-13-9-10-16(12-14(13)2)19-17-8-4-3-6-15(17)7-5-11-18/h3-4,6,8,13-14,16H,9-12,18H2,1-2H3. The van der Waals surface area contributed by atoms with Crippen LogP contribution in [0, 0.1) is 23.7 Å². The van der Waals surface area contributed by atoms with Crippen LogP contribution in [-0.4, -0.2) is 12.6 Å². The van der Waals surface area contributed by atoms with E-state index in [0.29, 0.717) is 12.6 Å². The van der Waals surface area contributed by atoms with Gasteiger partial charge in [-0.2, -0.15) is 0 Å². The second kappa shape index (κ2) is 6.63. The first-order chi connectivity index (χ1) is 9.20. The molecule has 102 valence electrons. The highest BCUT2D eigenvalue weighted by Crippen LogP contribution is 2.32. The monoisotopic (exact) mass is 257 g/mol. The Morgan fingerprint density at radius 3 is 2.74 bits per heavy atom. The normalized spacial score (nSPS) is 26.4. The fourth-order valence-electron chi connectivity index (χ4n) is 2.60. The molecule has 0 aromatic heterocycles. The second-order valence-electron chi connectivity index (χ2n) is 5.51. The van der Waals surface area contributed by atoms with Crippen LogP contribution in [0.3, 0.4) is 0 Å². The zero-order valence-corrected chi connectivity index (χ0v) is 11.9. The molecule has 0 amide bonds.